The number of unbranched alkanes of at least 4 members (excludes halogenated alkanes) is 1. The summed E-state index contributed by atoms with van der Waals surface area (Å²) in [5.74, 6) is 0.324. The van der Waals surface area contributed by atoms with Gasteiger partial charge in [0.05, 0.1) is 0 Å². The van der Waals surface area contributed by atoms with Crippen molar-refractivity contribution in [3.8, 4) is 0 Å². The highest BCUT2D eigenvalue weighted by molar-refractivity contribution is 6.30. The highest BCUT2D eigenvalue weighted by atomic mass is 35.5. The number of benzene rings is 1. The van der Waals surface area contributed by atoms with Crippen molar-refractivity contribution < 1.29 is 4.79 Å². The molecule has 0 radical (unpaired) electrons. The van der Waals surface area contributed by atoms with Crippen LogP contribution in [0, 0.1) is 5.92 Å². The molecule has 0 bridgehead atoms. The van der Waals surface area contributed by atoms with Crippen molar-refractivity contribution in [2.45, 2.75) is 39.5 Å². The summed E-state index contributed by atoms with van der Waals surface area (Å²) in [6.07, 6.45) is 5.55. The zero-order valence-corrected chi connectivity index (χ0v) is 10.9. The molecule has 0 saturated carbocycles. The molecule has 1 aromatic carbocycles. The van der Waals surface area contributed by atoms with Gasteiger partial charge in [-0.15, -0.1) is 0 Å². The van der Waals surface area contributed by atoms with E-state index in [1.807, 2.05) is 30.3 Å². The first-order chi connectivity index (χ1) is 7.74. The van der Waals surface area contributed by atoms with Gasteiger partial charge in [0.25, 0.3) is 0 Å². The minimum absolute atomic E-state index is 0.324. The van der Waals surface area contributed by atoms with Crippen molar-refractivity contribution in [1.82, 2.24) is 0 Å². The first-order valence-electron chi connectivity index (χ1n) is 5.90. The second-order valence-electron chi connectivity index (χ2n) is 3.74. The van der Waals surface area contributed by atoms with Gasteiger partial charge in [-0.2, -0.15) is 0 Å². The quantitative estimate of drug-likeness (QED) is 0.680. The maximum absolute atomic E-state index is 10.2. The van der Waals surface area contributed by atoms with E-state index in [9.17, 15) is 4.79 Å². The Morgan fingerprint density at radius 3 is 2.19 bits per heavy atom. The topological polar surface area (TPSA) is 17.1 Å². The van der Waals surface area contributed by atoms with Crippen molar-refractivity contribution in [2.75, 3.05) is 0 Å². The number of hydrogen-bond donors (Lipinski definition) is 0. The molecule has 0 spiro atoms. The number of aldehydes is 1. The van der Waals surface area contributed by atoms with Crippen molar-refractivity contribution in [1.29, 1.82) is 0 Å². The molecule has 0 aromatic heterocycles. The van der Waals surface area contributed by atoms with Gasteiger partial charge in [-0.1, -0.05) is 56.5 Å². The fraction of sp³-hybridized carbons (Fsp3) is 0.500. The molecule has 0 aliphatic heterocycles. The lowest BCUT2D eigenvalue weighted by molar-refractivity contribution is -0.111. The van der Waals surface area contributed by atoms with Crippen LogP contribution in [-0.2, 0) is 4.79 Å². The van der Waals surface area contributed by atoms with Crippen LogP contribution < -0.4 is 0 Å². The monoisotopic (exact) mass is 240 g/mol. The Kier molecular flexibility index (Phi) is 10.1. The molecule has 90 valence electrons. The maximum atomic E-state index is 10.2. The molecule has 0 heterocycles. The molecule has 0 fully saturated rings. The van der Waals surface area contributed by atoms with Crippen LogP contribution in [0.5, 0.6) is 0 Å². The lowest BCUT2D eigenvalue weighted by atomic mass is 10.0. The highest BCUT2D eigenvalue weighted by Gasteiger charge is 2.01. The van der Waals surface area contributed by atoms with E-state index in [1.165, 1.54) is 12.8 Å². The summed E-state index contributed by atoms with van der Waals surface area (Å²) < 4.78 is 0. The molecule has 1 aromatic rings. The van der Waals surface area contributed by atoms with Gasteiger partial charge in [0.1, 0.15) is 6.29 Å². The van der Waals surface area contributed by atoms with Gasteiger partial charge in [-0.05, 0) is 25.0 Å². The van der Waals surface area contributed by atoms with E-state index in [-0.39, 0.29) is 0 Å². The summed E-state index contributed by atoms with van der Waals surface area (Å²) in [4.78, 5) is 10.2. The Labute approximate surface area is 104 Å². The SMILES string of the molecule is CCCCC(C=O)CC.Clc1ccccc1. The molecule has 1 unspecified atom stereocenters. The summed E-state index contributed by atoms with van der Waals surface area (Å²) in [5.41, 5.74) is 0. The molecule has 0 N–H and O–H groups in total. The van der Waals surface area contributed by atoms with E-state index >= 15 is 0 Å². The van der Waals surface area contributed by atoms with E-state index in [0.717, 1.165) is 24.2 Å². The number of carbonyl (C=O) groups excluding carboxylic acids is 1. The van der Waals surface area contributed by atoms with Crippen LogP contribution in [0.3, 0.4) is 0 Å². The Morgan fingerprint density at radius 1 is 1.25 bits per heavy atom. The van der Waals surface area contributed by atoms with Gasteiger partial charge in [-0.3, -0.25) is 0 Å². The zero-order valence-electron chi connectivity index (χ0n) is 10.2. The molecular formula is C14H21ClO. The van der Waals surface area contributed by atoms with Crippen molar-refractivity contribution in [2.24, 2.45) is 5.92 Å². The minimum Gasteiger partial charge on any atom is -0.303 e. The Balaban J connectivity index is 0.000000288. The average molecular weight is 241 g/mol. The lowest BCUT2D eigenvalue weighted by Crippen LogP contribution is -1.98. The second-order valence-corrected chi connectivity index (χ2v) is 4.18. The molecule has 16 heavy (non-hydrogen) atoms. The molecule has 0 aliphatic rings. The van der Waals surface area contributed by atoms with Gasteiger partial charge in [0.2, 0.25) is 0 Å². The summed E-state index contributed by atoms with van der Waals surface area (Å²) in [6.45, 7) is 4.21. The number of hydrogen-bond acceptors (Lipinski definition) is 1. The average Bonchev–Trinajstić information content (AvgIpc) is 2.32. The van der Waals surface area contributed by atoms with Crippen LogP contribution in [0.15, 0.2) is 30.3 Å². The lowest BCUT2D eigenvalue weighted by Gasteiger charge is -2.03. The van der Waals surface area contributed by atoms with Gasteiger partial charge in [-0.25, -0.2) is 0 Å². The van der Waals surface area contributed by atoms with Gasteiger partial charge in [0, 0.05) is 10.9 Å². The number of carbonyl (C=O) groups is 1. The maximum Gasteiger partial charge on any atom is 0.123 e. The molecule has 0 saturated heterocycles. The molecule has 2 heteroatoms. The molecule has 1 atom stereocenters. The summed E-state index contributed by atoms with van der Waals surface area (Å²) >= 11 is 5.54. The van der Waals surface area contributed by atoms with Crippen LogP contribution in [0.2, 0.25) is 5.02 Å². The van der Waals surface area contributed by atoms with Crippen LogP contribution in [0.1, 0.15) is 39.5 Å². The molecule has 1 rings (SSSR count). The highest BCUT2D eigenvalue weighted by Crippen LogP contribution is 2.08. The largest absolute Gasteiger partial charge is 0.303 e. The van der Waals surface area contributed by atoms with Crippen molar-refractivity contribution >= 4 is 17.9 Å². The molecule has 0 amide bonds. The van der Waals surface area contributed by atoms with Crippen LogP contribution in [-0.4, -0.2) is 6.29 Å². The van der Waals surface area contributed by atoms with Crippen LogP contribution in [0.25, 0.3) is 0 Å². The molecular weight excluding hydrogens is 220 g/mol. The van der Waals surface area contributed by atoms with Crippen LogP contribution in [0.4, 0.5) is 0 Å². The third kappa shape index (κ3) is 8.49. The van der Waals surface area contributed by atoms with Gasteiger partial charge >= 0.3 is 0 Å². The predicted molar refractivity (Wildman–Crippen MR) is 70.8 cm³/mol. The third-order valence-electron chi connectivity index (χ3n) is 2.38. The molecule has 0 aliphatic carbocycles. The minimum atomic E-state index is 0.324. The number of halogens is 1. The number of rotatable bonds is 5. The van der Waals surface area contributed by atoms with Crippen molar-refractivity contribution in [3.05, 3.63) is 35.4 Å². The molecule has 1 nitrogen and oxygen atoms in total. The summed E-state index contributed by atoms with van der Waals surface area (Å²) in [7, 11) is 0. The first kappa shape index (κ1) is 15.2. The standard InChI is InChI=1S/C8H16O.C6H5Cl/c1-3-5-6-8(4-2)7-9;7-6-4-2-1-3-5-6/h7-8H,3-6H2,1-2H3;1-5H. The second kappa shape index (κ2) is 10.7. The van der Waals surface area contributed by atoms with Gasteiger partial charge in [0.15, 0.2) is 0 Å². The van der Waals surface area contributed by atoms with Crippen LogP contribution >= 0.6 is 11.6 Å². The Hall–Kier alpha value is -0.820. The fourth-order valence-electron chi connectivity index (χ4n) is 1.25. The summed E-state index contributed by atoms with van der Waals surface area (Å²) in [5, 5.41) is 0.794. The van der Waals surface area contributed by atoms with Gasteiger partial charge < -0.3 is 4.79 Å². The zero-order chi connectivity index (χ0) is 12.2. The van der Waals surface area contributed by atoms with E-state index < -0.39 is 0 Å². The Morgan fingerprint density at radius 2 is 1.88 bits per heavy atom. The van der Waals surface area contributed by atoms with Crippen molar-refractivity contribution in [3.63, 3.8) is 0 Å². The van der Waals surface area contributed by atoms with E-state index in [1.54, 1.807) is 0 Å². The van der Waals surface area contributed by atoms with E-state index in [0.29, 0.717) is 5.92 Å². The van der Waals surface area contributed by atoms with E-state index in [4.69, 9.17) is 11.6 Å². The Bertz CT molecular complexity index is 259. The smallest absolute Gasteiger partial charge is 0.123 e. The summed E-state index contributed by atoms with van der Waals surface area (Å²) in [6, 6.07) is 9.44. The normalized spacial score (nSPS) is 11.2. The first-order valence-corrected chi connectivity index (χ1v) is 6.28. The fourth-order valence-corrected chi connectivity index (χ4v) is 1.39. The van der Waals surface area contributed by atoms with E-state index in [2.05, 4.69) is 13.8 Å². The third-order valence-corrected chi connectivity index (χ3v) is 2.63. The predicted octanol–water partition coefficient (Wildman–Crippen LogP) is 4.74.